The molecule has 1 unspecified atom stereocenters. The highest BCUT2D eigenvalue weighted by molar-refractivity contribution is 5.33. The van der Waals surface area contributed by atoms with Crippen LogP contribution in [0.1, 0.15) is 22.9 Å². The maximum atomic E-state index is 13.2. The van der Waals surface area contributed by atoms with Crippen molar-refractivity contribution in [3.8, 4) is 0 Å². The fourth-order valence-electron chi connectivity index (χ4n) is 1.75. The third-order valence-corrected chi connectivity index (χ3v) is 2.67. The van der Waals surface area contributed by atoms with Crippen LogP contribution in [-0.2, 0) is 6.18 Å². The molecule has 1 aromatic heterocycles. The molecule has 0 radical (unpaired) electrons. The van der Waals surface area contributed by atoms with Crippen molar-refractivity contribution in [3.05, 3.63) is 59.4 Å². The van der Waals surface area contributed by atoms with Gasteiger partial charge in [-0.3, -0.25) is 15.8 Å². The van der Waals surface area contributed by atoms with Gasteiger partial charge in [0.25, 0.3) is 0 Å². The van der Waals surface area contributed by atoms with E-state index in [-0.39, 0.29) is 5.56 Å². The Kier molecular flexibility index (Phi) is 3.96. The first-order valence-corrected chi connectivity index (χ1v) is 5.52. The predicted molar refractivity (Wildman–Crippen MR) is 62.6 cm³/mol. The van der Waals surface area contributed by atoms with E-state index < -0.39 is 23.6 Å². The number of alkyl halides is 3. The van der Waals surface area contributed by atoms with Gasteiger partial charge in [-0.05, 0) is 17.7 Å². The lowest BCUT2D eigenvalue weighted by Crippen LogP contribution is -2.30. The van der Waals surface area contributed by atoms with Crippen molar-refractivity contribution in [2.75, 3.05) is 0 Å². The summed E-state index contributed by atoms with van der Waals surface area (Å²) in [5.41, 5.74) is 1.46. The molecule has 0 bridgehead atoms. The minimum atomic E-state index is -4.78. The monoisotopic (exact) mass is 286 g/mol. The molecule has 0 aliphatic rings. The summed E-state index contributed by atoms with van der Waals surface area (Å²) >= 11 is 0. The zero-order valence-corrected chi connectivity index (χ0v) is 10.0. The summed E-state index contributed by atoms with van der Waals surface area (Å²) in [6.45, 7) is 0. The molecule has 1 atom stereocenters. The average Bonchev–Trinajstić information content (AvgIpc) is 2.41. The van der Waals surface area contributed by atoms with Gasteiger partial charge in [0, 0.05) is 12.4 Å². The van der Waals surface area contributed by atoms with Crippen LogP contribution in [0.4, 0.5) is 17.6 Å². The van der Waals surface area contributed by atoms with Gasteiger partial charge < -0.3 is 0 Å². The van der Waals surface area contributed by atoms with E-state index >= 15 is 0 Å². The van der Waals surface area contributed by atoms with Crippen LogP contribution in [0, 0.1) is 5.82 Å². The summed E-state index contributed by atoms with van der Waals surface area (Å²) in [6.07, 6.45) is -0.612. The van der Waals surface area contributed by atoms with Crippen LogP contribution in [0.5, 0.6) is 0 Å². The molecule has 0 amide bonds. The molecule has 20 heavy (non-hydrogen) atoms. The van der Waals surface area contributed by atoms with E-state index in [1.165, 1.54) is 24.7 Å². The molecule has 106 valence electrons. The molecule has 0 saturated carbocycles. The summed E-state index contributed by atoms with van der Waals surface area (Å²) in [7, 11) is 0. The Hall–Kier alpha value is -2.06. The molecule has 0 fully saturated rings. The highest BCUT2D eigenvalue weighted by atomic mass is 19.4. The summed E-state index contributed by atoms with van der Waals surface area (Å²) in [5, 5.41) is 0. The van der Waals surface area contributed by atoms with Crippen molar-refractivity contribution in [2.24, 2.45) is 5.84 Å². The lowest BCUT2D eigenvalue weighted by Gasteiger charge is -2.17. The Bertz CT molecular complexity index is 586. The molecule has 1 heterocycles. The minimum Gasteiger partial charge on any atom is -0.271 e. The molecular weight excluding hydrogens is 276 g/mol. The van der Waals surface area contributed by atoms with Gasteiger partial charge >= 0.3 is 6.18 Å². The maximum absolute atomic E-state index is 13.2. The summed E-state index contributed by atoms with van der Waals surface area (Å²) < 4.78 is 51.3. The maximum Gasteiger partial charge on any atom is 0.419 e. The van der Waals surface area contributed by atoms with E-state index in [1.807, 2.05) is 0 Å². The molecule has 2 rings (SSSR count). The number of hydrogen-bond donors (Lipinski definition) is 2. The molecule has 1 aromatic carbocycles. The Balaban J connectivity index is 2.46. The van der Waals surface area contributed by atoms with Gasteiger partial charge in [0.05, 0.1) is 23.5 Å². The number of hydrazine groups is 1. The van der Waals surface area contributed by atoms with Crippen molar-refractivity contribution in [2.45, 2.75) is 12.2 Å². The van der Waals surface area contributed by atoms with E-state index in [2.05, 4.69) is 15.4 Å². The Labute approximate surface area is 111 Å². The normalized spacial score (nSPS) is 13.2. The number of aromatic nitrogens is 2. The van der Waals surface area contributed by atoms with E-state index in [4.69, 9.17) is 5.84 Å². The quantitative estimate of drug-likeness (QED) is 0.516. The highest BCUT2D eigenvalue weighted by Crippen LogP contribution is 2.33. The number of nitrogens with one attached hydrogen (secondary N) is 1. The topological polar surface area (TPSA) is 63.8 Å². The molecule has 4 nitrogen and oxygen atoms in total. The molecule has 3 N–H and O–H groups in total. The van der Waals surface area contributed by atoms with Gasteiger partial charge in [-0.25, -0.2) is 9.82 Å². The minimum absolute atomic E-state index is 0.140. The zero-order valence-electron chi connectivity index (χ0n) is 10.0. The van der Waals surface area contributed by atoms with Gasteiger partial charge in [0.2, 0.25) is 0 Å². The number of hydrogen-bond acceptors (Lipinski definition) is 4. The second-order valence-corrected chi connectivity index (χ2v) is 3.97. The van der Waals surface area contributed by atoms with Gasteiger partial charge in [-0.2, -0.15) is 13.2 Å². The van der Waals surface area contributed by atoms with Crippen LogP contribution in [0.3, 0.4) is 0 Å². The van der Waals surface area contributed by atoms with Crippen molar-refractivity contribution < 1.29 is 17.6 Å². The Morgan fingerprint density at radius 1 is 1.20 bits per heavy atom. The van der Waals surface area contributed by atoms with Crippen LogP contribution in [-0.4, -0.2) is 9.97 Å². The van der Waals surface area contributed by atoms with Crippen LogP contribution in [0.15, 0.2) is 36.8 Å². The van der Waals surface area contributed by atoms with Crippen molar-refractivity contribution in [3.63, 3.8) is 0 Å². The average molecular weight is 286 g/mol. The largest absolute Gasteiger partial charge is 0.419 e. The van der Waals surface area contributed by atoms with Crippen LogP contribution >= 0.6 is 0 Å². The van der Waals surface area contributed by atoms with Crippen LogP contribution in [0.25, 0.3) is 0 Å². The predicted octanol–water partition coefficient (Wildman–Crippen LogP) is 2.19. The van der Waals surface area contributed by atoms with Crippen LogP contribution < -0.4 is 11.3 Å². The Morgan fingerprint density at radius 2 is 1.95 bits per heavy atom. The van der Waals surface area contributed by atoms with Gasteiger partial charge in [-0.15, -0.1) is 0 Å². The number of nitrogens with two attached hydrogens (primary N) is 1. The first kappa shape index (κ1) is 14.4. The lowest BCUT2D eigenvalue weighted by molar-refractivity contribution is -0.140. The third-order valence-electron chi connectivity index (χ3n) is 2.67. The summed E-state index contributed by atoms with van der Waals surface area (Å²) in [4.78, 5) is 7.77. The molecule has 0 saturated heterocycles. The second-order valence-electron chi connectivity index (χ2n) is 3.97. The fourth-order valence-corrected chi connectivity index (χ4v) is 1.75. The van der Waals surface area contributed by atoms with Crippen molar-refractivity contribution in [1.82, 2.24) is 15.4 Å². The molecular formula is C12H10F4N4. The van der Waals surface area contributed by atoms with Gasteiger partial charge in [0.15, 0.2) is 0 Å². The van der Waals surface area contributed by atoms with Gasteiger partial charge in [-0.1, -0.05) is 6.07 Å². The van der Waals surface area contributed by atoms with E-state index in [0.717, 1.165) is 6.07 Å². The smallest absolute Gasteiger partial charge is 0.271 e. The van der Waals surface area contributed by atoms with Crippen LogP contribution in [0.2, 0.25) is 0 Å². The Morgan fingerprint density at radius 3 is 2.50 bits per heavy atom. The molecule has 0 spiro atoms. The van der Waals surface area contributed by atoms with E-state index in [1.54, 1.807) is 0 Å². The number of rotatable bonds is 3. The van der Waals surface area contributed by atoms with E-state index in [0.29, 0.717) is 11.8 Å². The summed E-state index contributed by atoms with van der Waals surface area (Å²) in [5.74, 6) is 4.00. The molecule has 8 heteroatoms. The number of nitrogens with zero attached hydrogens (tertiary/aromatic N) is 2. The molecule has 0 aliphatic heterocycles. The number of benzene rings is 1. The fraction of sp³-hybridized carbons (Fsp3) is 0.167. The highest BCUT2D eigenvalue weighted by Gasteiger charge is 2.34. The molecule has 2 aromatic rings. The zero-order chi connectivity index (χ0) is 14.8. The van der Waals surface area contributed by atoms with Gasteiger partial charge in [0.1, 0.15) is 5.82 Å². The third kappa shape index (κ3) is 2.91. The second kappa shape index (κ2) is 5.51. The standard InChI is InChI=1S/C12H10F4N4/c13-9-2-1-7(5-8(9)12(14,15)16)11(20-17)10-6-18-3-4-19-10/h1-6,11,20H,17H2. The SMILES string of the molecule is NNC(c1ccc(F)c(C(F)(F)F)c1)c1cnccn1. The first-order valence-electron chi connectivity index (χ1n) is 5.52. The lowest BCUT2D eigenvalue weighted by atomic mass is 10.0. The van der Waals surface area contributed by atoms with Crippen molar-refractivity contribution >= 4 is 0 Å². The van der Waals surface area contributed by atoms with E-state index in [9.17, 15) is 17.6 Å². The van der Waals surface area contributed by atoms with Crippen molar-refractivity contribution in [1.29, 1.82) is 0 Å². The summed E-state index contributed by atoms with van der Waals surface area (Å²) in [6, 6.07) is 1.85. The molecule has 0 aliphatic carbocycles. The number of halogens is 4. The first-order chi connectivity index (χ1) is 9.43.